The monoisotopic (exact) mass is 297 g/mol. The zero-order valence-corrected chi connectivity index (χ0v) is 12.2. The molecule has 2 aromatic heterocycles. The average Bonchev–Trinajstić information content (AvgIpc) is 3.07. The lowest BCUT2D eigenvalue weighted by Crippen LogP contribution is -2.05. The van der Waals surface area contributed by atoms with Crippen molar-refractivity contribution >= 4 is 33.8 Å². The van der Waals surface area contributed by atoms with Crippen LogP contribution in [0.3, 0.4) is 0 Å². The summed E-state index contributed by atoms with van der Waals surface area (Å²) in [7, 11) is 1.40. The Balaban J connectivity index is 1.73. The van der Waals surface area contributed by atoms with Gasteiger partial charge >= 0.3 is 5.97 Å². The molecule has 0 amide bonds. The van der Waals surface area contributed by atoms with Crippen LogP contribution >= 0.6 is 22.7 Å². The number of esters is 1. The number of rotatable bonds is 7. The van der Waals surface area contributed by atoms with E-state index in [0.29, 0.717) is 12.8 Å². The highest BCUT2D eigenvalue weighted by atomic mass is 32.1. The predicted molar refractivity (Wildman–Crippen MR) is 76.8 cm³/mol. The number of aryl methyl sites for hydroxylation is 1. The van der Waals surface area contributed by atoms with Crippen molar-refractivity contribution in [3.05, 3.63) is 27.7 Å². The van der Waals surface area contributed by atoms with Crippen LogP contribution in [0.1, 0.15) is 17.8 Å². The molecule has 102 valence electrons. The van der Waals surface area contributed by atoms with Crippen LogP contribution in [0, 0.1) is 0 Å². The fourth-order valence-corrected chi connectivity index (χ4v) is 2.86. The molecule has 0 unspecified atom stereocenters. The van der Waals surface area contributed by atoms with Crippen LogP contribution in [0.15, 0.2) is 16.3 Å². The molecule has 0 saturated heterocycles. The van der Waals surface area contributed by atoms with Gasteiger partial charge in [0, 0.05) is 30.1 Å². The van der Waals surface area contributed by atoms with Gasteiger partial charge in [-0.05, 0) is 0 Å². The lowest BCUT2D eigenvalue weighted by Gasteiger charge is -2.00. The minimum atomic E-state index is -0.203. The van der Waals surface area contributed by atoms with Gasteiger partial charge in [-0.25, -0.2) is 9.97 Å². The average molecular weight is 297 g/mol. The highest BCUT2D eigenvalue weighted by Crippen LogP contribution is 2.16. The Morgan fingerprint density at radius 1 is 1.37 bits per heavy atom. The number of nitrogens with zero attached hydrogens (tertiary/aromatic N) is 2. The van der Waals surface area contributed by atoms with Crippen molar-refractivity contribution in [1.82, 2.24) is 9.97 Å². The first-order valence-corrected chi connectivity index (χ1v) is 7.72. The van der Waals surface area contributed by atoms with Gasteiger partial charge in [-0.1, -0.05) is 0 Å². The summed E-state index contributed by atoms with van der Waals surface area (Å²) in [5, 5.41) is 8.16. The van der Waals surface area contributed by atoms with E-state index in [4.69, 9.17) is 0 Å². The summed E-state index contributed by atoms with van der Waals surface area (Å²) in [5.41, 5.74) is 3.86. The van der Waals surface area contributed by atoms with E-state index in [1.807, 2.05) is 16.3 Å². The molecule has 0 aliphatic carbocycles. The molecule has 7 heteroatoms. The van der Waals surface area contributed by atoms with E-state index in [9.17, 15) is 4.79 Å². The summed E-state index contributed by atoms with van der Waals surface area (Å²) in [5.74, 6) is -0.203. The maximum atomic E-state index is 11.0. The van der Waals surface area contributed by atoms with E-state index >= 15 is 0 Å². The van der Waals surface area contributed by atoms with Crippen LogP contribution in [0.4, 0.5) is 5.13 Å². The standard InChI is InChI=1S/C12H15N3O2S2/c1-17-11(16)3-2-10-7-19-12(15-10)13-5-4-9-6-18-8-14-9/h6-8H,2-5H2,1H3,(H,13,15). The Bertz CT molecular complexity index is 511. The largest absolute Gasteiger partial charge is 0.469 e. The van der Waals surface area contributed by atoms with Gasteiger partial charge in [-0.2, -0.15) is 0 Å². The highest BCUT2D eigenvalue weighted by Gasteiger charge is 2.05. The molecule has 0 bridgehead atoms. The molecule has 1 N–H and O–H groups in total. The molecule has 0 spiro atoms. The van der Waals surface area contributed by atoms with Gasteiger partial charge in [0.25, 0.3) is 0 Å². The normalized spacial score (nSPS) is 10.4. The minimum absolute atomic E-state index is 0.203. The third-order valence-corrected chi connectivity index (χ3v) is 3.99. The fraction of sp³-hybridized carbons (Fsp3) is 0.417. The van der Waals surface area contributed by atoms with Crippen molar-refractivity contribution < 1.29 is 9.53 Å². The second kappa shape index (κ2) is 7.20. The molecule has 2 aromatic rings. The maximum Gasteiger partial charge on any atom is 0.305 e. The number of ether oxygens (including phenoxy) is 1. The molecule has 0 saturated carbocycles. The zero-order valence-electron chi connectivity index (χ0n) is 10.6. The Hall–Kier alpha value is -1.47. The molecule has 0 aromatic carbocycles. The number of carbonyl (C=O) groups excluding carboxylic acids is 1. The van der Waals surface area contributed by atoms with Crippen molar-refractivity contribution in [2.45, 2.75) is 19.3 Å². The molecule has 2 rings (SSSR count). The van der Waals surface area contributed by atoms with Crippen LogP contribution in [0.5, 0.6) is 0 Å². The maximum absolute atomic E-state index is 11.0. The molecule has 0 atom stereocenters. The van der Waals surface area contributed by atoms with Gasteiger partial charge in [0.1, 0.15) is 0 Å². The lowest BCUT2D eigenvalue weighted by atomic mass is 10.2. The Morgan fingerprint density at radius 3 is 3.00 bits per heavy atom. The molecule has 0 aliphatic heterocycles. The third kappa shape index (κ3) is 4.60. The van der Waals surface area contributed by atoms with Gasteiger partial charge < -0.3 is 10.1 Å². The second-order valence-corrected chi connectivity index (χ2v) is 5.45. The topological polar surface area (TPSA) is 64.1 Å². The molecule has 2 heterocycles. The number of hydrogen-bond acceptors (Lipinski definition) is 7. The van der Waals surface area contributed by atoms with Crippen molar-refractivity contribution in [1.29, 1.82) is 0 Å². The van der Waals surface area contributed by atoms with Gasteiger partial charge in [0.05, 0.1) is 30.4 Å². The van der Waals surface area contributed by atoms with E-state index in [2.05, 4.69) is 20.0 Å². The van der Waals surface area contributed by atoms with E-state index in [1.54, 1.807) is 22.7 Å². The van der Waals surface area contributed by atoms with Gasteiger partial charge in [-0.3, -0.25) is 4.79 Å². The molecule has 0 radical (unpaired) electrons. The second-order valence-electron chi connectivity index (χ2n) is 3.88. The molecule has 5 nitrogen and oxygen atoms in total. The van der Waals surface area contributed by atoms with Crippen LogP contribution in [-0.2, 0) is 22.4 Å². The minimum Gasteiger partial charge on any atom is -0.469 e. The Labute approximate surface area is 119 Å². The van der Waals surface area contributed by atoms with Crippen molar-refractivity contribution in [2.24, 2.45) is 0 Å². The first-order valence-electron chi connectivity index (χ1n) is 5.90. The van der Waals surface area contributed by atoms with Crippen LogP contribution in [0.2, 0.25) is 0 Å². The number of carbonyl (C=O) groups is 1. The first-order chi connectivity index (χ1) is 9.28. The third-order valence-electron chi connectivity index (χ3n) is 2.51. The summed E-state index contributed by atoms with van der Waals surface area (Å²) in [4.78, 5) is 19.7. The summed E-state index contributed by atoms with van der Waals surface area (Å²) >= 11 is 3.16. The van der Waals surface area contributed by atoms with E-state index in [0.717, 1.165) is 29.5 Å². The Kier molecular flexibility index (Phi) is 5.29. The number of thiazole rings is 2. The summed E-state index contributed by atoms with van der Waals surface area (Å²) in [6.45, 7) is 0.813. The van der Waals surface area contributed by atoms with Crippen LogP contribution in [0.25, 0.3) is 0 Å². The van der Waals surface area contributed by atoms with Crippen molar-refractivity contribution in [2.75, 3.05) is 19.0 Å². The molecule has 0 fully saturated rings. The number of hydrogen-bond donors (Lipinski definition) is 1. The smallest absolute Gasteiger partial charge is 0.305 e. The number of aromatic nitrogens is 2. The van der Waals surface area contributed by atoms with Crippen LogP contribution < -0.4 is 5.32 Å². The molecule has 0 aliphatic rings. The first kappa shape index (κ1) is 14.0. The highest BCUT2D eigenvalue weighted by molar-refractivity contribution is 7.13. The summed E-state index contributed by atoms with van der Waals surface area (Å²) < 4.78 is 4.60. The number of anilines is 1. The summed E-state index contributed by atoms with van der Waals surface area (Å²) in [6, 6.07) is 0. The van der Waals surface area contributed by atoms with E-state index in [-0.39, 0.29) is 5.97 Å². The van der Waals surface area contributed by atoms with Crippen molar-refractivity contribution in [3.63, 3.8) is 0 Å². The predicted octanol–water partition coefficient (Wildman–Crippen LogP) is 2.36. The van der Waals surface area contributed by atoms with Gasteiger partial charge in [0.15, 0.2) is 5.13 Å². The fourth-order valence-electron chi connectivity index (χ4n) is 1.49. The SMILES string of the molecule is COC(=O)CCc1csc(NCCc2cscn2)n1. The molecular formula is C12H15N3O2S2. The number of nitrogens with one attached hydrogen (secondary N) is 1. The number of methoxy groups -OCH3 is 1. The quantitative estimate of drug-likeness (QED) is 0.795. The lowest BCUT2D eigenvalue weighted by molar-refractivity contribution is -0.140. The van der Waals surface area contributed by atoms with Gasteiger partial charge in [0.2, 0.25) is 0 Å². The molecular weight excluding hydrogens is 282 g/mol. The zero-order chi connectivity index (χ0) is 13.5. The summed E-state index contributed by atoms with van der Waals surface area (Å²) in [6.07, 6.45) is 1.88. The Morgan fingerprint density at radius 2 is 2.26 bits per heavy atom. The molecule has 19 heavy (non-hydrogen) atoms. The van der Waals surface area contributed by atoms with E-state index < -0.39 is 0 Å². The van der Waals surface area contributed by atoms with Gasteiger partial charge in [-0.15, -0.1) is 22.7 Å². The van der Waals surface area contributed by atoms with E-state index in [1.165, 1.54) is 7.11 Å². The van der Waals surface area contributed by atoms with Crippen LogP contribution in [-0.4, -0.2) is 29.6 Å². The van der Waals surface area contributed by atoms with Crippen molar-refractivity contribution in [3.8, 4) is 0 Å².